The first-order valence-corrected chi connectivity index (χ1v) is 6.09. The fourth-order valence-corrected chi connectivity index (χ4v) is 2.42. The van der Waals surface area contributed by atoms with Gasteiger partial charge >= 0.3 is 0 Å². The number of aromatic nitrogens is 2. The van der Waals surface area contributed by atoms with Gasteiger partial charge in [0, 0.05) is 5.56 Å². The van der Waals surface area contributed by atoms with Gasteiger partial charge in [0.25, 0.3) is 0 Å². The average Bonchev–Trinajstić information content (AvgIpc) is 2.75. The van der Waals surface area contributed by atoms with Crippen molar-refractivity contribution in [1.29, 1.82) is 0 Å². The van der Waals surface area contributed by atoms with Crippen LogP contribution in [0.2, 0.25) is 0 Å². The van der Waals surface area contributed by atoms with E-state index in [0.717, 1.165) is 41.1 Å². The molecule has 0 unspecified atom stereocenters. The van der Waals surface area contributed by atoms with Crippen LogP contribution >= 0.6 is 15.9 Å². The molecule has 0 fully saturated rings. The second-order valence-electron chi connectivity index (χ2n) is 3.84. The molecule has 1 aromatic heterocycles. The van der Waals surface area contributed by atoms with E-state index >= 15 is 0 Å². The number of fused-ring (bicyclic) bond motifs is 1. The van der Waals surface area contributed by atoms with Gasteiger partial charge in [-0.25, -0.2) is 4.98 Å². The van der Waals surface area contributed by atoms with Gasteiger partial charge in [0.2, 0.25) is 0 Å². The summed E-state index contributed by atoms with van der Waals surface area (Å²) in [5.41, 5.74) is 3.35. The van der Waals surface area contributed by atoms with Gasteiger partial charge < -0.3 is 9.72 Å². The number of ether oxygens (including phenoxy) is 1. The van der Waals surface area contributed by atoms with Crippen LogP contribution < -0.4 is 4.74 Å². The second kappa shape index (κ2) is 3.94. The number of nitrogens with one attached hydrogen (secondary N) is 1. The van der Waals surface area contributed by atoms with E-state index in [-0.39, 0.29) is 0 Å². The summed E-state index contributed by atoms with van der Waals surface area (Å²) in [6, 6.07) is 6.24. The number of nitrogens with zero attached hydrogens (tertiary/aromatic N) is 1. The zero-order valence-electron chi connectivity index (χ0n) is 8.66. The smallest absolute Gasteiger partial charge is 0.122 e. The fraction of sp³-hybridized carbons (Fsp3) is 0.250. The first kappa shape index (κ1) is 9.90. The summed E-state index contributed by atoms with van der Waals surface area (Å²) in [5, 5.41) is 0. The van der Waals surface area contributed by atoms with Crippen molar-refractivity contribution in [3.63, 3.8) is 0 Å². The van der Waals surface area contributed by atoms with Crippen LogP contribution in [0.4, 0.5) is 0 Å². The van der Waals surface area contributed by atoms with Crippen molar-refractivity contribution in [2.45, 2.75) is 12.8 Å². The summed E-state index contributed by atoms with van der Waals surface area (Å²) in [5.74, 6) is 1.02. The van der Waals surface area contributed by atoms with Crippen molar-refractivity contribution >= 4 is 15.9 Å². The molecule has 4 heteroatoms. The number of hydrogen-bond donors (Lipinski definition) is 1. The minimum atomic E-state index is 0.832. The summed E-state index contributed by atoms with van der Waals surface area (Å²) >= 11 is 3.45. The number of halogens is 1. The number of hydrogen-bond acceptors (Lipinski definition) is 2. The lowest BCUT2D eigenvalue weighted by atomic mass is 10.0. The minimum absolute atomic E-state index is 0.832. The van der Waals surface area contributed by atoms with Crippen LogP contribution in [0, 0.1) is 0 Å². The zero-order chi connectivity index (χ0) is 11.0. The van der Waals surface area contributed by atoms with Gasteiger partial charge in [-0.1, -0.05) is 0 Å². The molecule has 16 heavy (non-hydrogen) atoms. The first-order chi connectivity index (χ1) is 7.84. The Labute approximate surface area is 102 Å². The molecule has 2 heterocycles. The highest BCUT2D eigenvalue weighted by Crippen LogP contribution is 2.31. The quantitative estimate of drug-likeness (QED) is 0.870. The van der Waals surface area contributed by atoms with E-state index < -0.39 is 0 Å². The second-order valence-corrected chi connectivity index (χ2v) is 4.63. The molecule has 3 rings (SSSR count). The lowest BCUT2D eigenvalue weighted by Crippen LogP contribution is -2.08. The van der Waals surface area contributed by atoms with Crippen molar-refractivity contribution in [1.82, 2.24) is 9.97 Å². The molecule has 0 radical (unpaired) electrons. The van der Waals surface area contributed by atoms with E-state index in [9.17, 15) is 0 Å². The van der Waals surface area contributed by atoms with Gasteiger partial charge in [-0.05, 0) is 52.5 Å². The number of benzene rings is 1. The fourth-order valence-electron chi connectivity index (χ4n) is 1.99. The van der Waals surface area contributed by atoms with Gasteiger partial charge in [-0.15, -0.1) is 0 Å². The van der Waals surface area contributed by atoms with Gasteiger partial charge in [0.1, 0.15) is 16.0 Å². The molecule has 0 spiro atoms. The zero-order valence-corrected chi connectivity index (χ0v) is 10.3. The van der Waals surface area contributed by atoms with Gasteiger partial charge in [0.05, 0.1) is 12.9 Å². The summed E-state index contributed by atoms with van der Waals surface area (Å²) in [4.78, 5) is 7.31. The highest BCUT2D eigenvalue weighted by molar-refractivity contribution is 9.10. The van der Waals surface area contributed by atoms with Crippen LogP contribution in [-0.2, 0) is 6.42 Å². The molecule has 2 aromatic rings. The maximum absolute atomic E-state index is 5.59. The third kappa shape index (κ3) is 1.63. The third-order valence-corrected chi connectivity index (χ3v) is 3.38. The SMILES string of the molecule is Brc1[nH]cnc1-c1ccc2c(c1)CCCO2. The van der Waals surface area contributed by atoms with E-state index in [1.807, 2.05) is 12.1 Å². The van der Waals surface area contributed by atoms with E-state index in [1.54, 1.807) is 6.33 Å². The predicted octanol–water partition coefficient (Wildman–Crippen LogP) is 3.16. The summed E-state index contributed by atoms with van der Waals surface area (Å²) in [7, 11) is 0. The number of aromatic amines is 1. The summed E-state index contributed by atoms with van der Waals surface area (Å²) in [6.07, 6.45) is 3.87. The normalized spacial score (nSPS) is 14.3. The molecule has 1 aliphatic rings. The molecule has 1 aliphatic heterocycles. The highest BCUT2D eigenvalue weighted by atomic mass is 79.9. The van der Waals surface area contributed by atoms with Crippen molar-refractivity contribution in [3.8, 4) is 17.0 Å². The van der Waals surface area contributed by atoms with E-state index in [0.29, 0.717) is 0 Å². The van der Waals surface area contributed by atoms with Crippen LogP contribution in [0.1, 0.15) is 12.0 Å². The Balaban J connectivity index is 2.06. The Morgan fingerprint density at radius 1 is 1.38 bits per heavy atom. The van der Waals surface area contributed by atoms with Gasteiger partial charge in [-0.2, -0.15) is 0 Å². The number of rotatable bonds is 1. The molecule has 1 N–H and O–H groups in total. The van der Waals surface area contributed by atoms with Crippen LogP contribution in [0.3, 0.4) is 0 Å². The summed E-state index contributed by atoms with van der Waals surface area (Å²) in [6.45, 7) is 0.832. The molecule has 0 aliphatic carbocycles. The van der Waals surface area contributed by atoms with Crippen molar-refractivity contribution < 1.29 is 4.74 Å². The maximum atomic E-state index is 5.59. The molecular formula is C12H11BrN2O. The molecule has 82 valence electrons. The Morgan fingerprint density at radius 2 is 2.31 bits per heavy atom. The van der Waals surface area contributed by atoms with Gasteiger partial charge in [0.15, 0.2) is 0 Å². The standard InChI is InChI=1S/C12H11BrN2O/c13-12-11(14-7-15-12)9-3-4-10-8(6-9)2-1-5-16-10/h3-4,6-7H,1-2,5H2,(H,14,15). The van der Waals surface area contributed by atoms with E-state index in [2.05, 4.69) is 32.0 Å². The average molecular weight is 279 g/mol. The third-order valence-electron chi connectivity index (χ3n) is 2.77. The van der Waals surface area contributed by atoms with Crippen LogP contribution in [0.5, 0.6) is 5.75 Å². The van der Waals surface area contributed by atoms with Crippen LogP contribution in [0.15, 0.2) is 29.1 Å². The van der Waals surface area contributed by atoms with Crippen molar-refractivity contribution in [2.24, 2.45) is 0 Å². The first-order valence-electron chi connectivity index (χ1n) is 5.29. The molecular weight excluding hydrogens is 268 g/mol. The molecule has 0 amide bonds. The highest BCUT2D eigenvalue weighted by Gasteiger charge is 2.13. The lowest BCUT2D eigenvalue weighted by molar-refractivity contribution is 0.288. The van der Waals surface area contributed by atoms with Crippen molar-refractivity contribution in [2.75, 3.05) is 6.61 Å². The van der Waals surface area contributed by atoms with Crippen molar-refractivity contribution in [3.05, 3.63) is 34.7 Å². The maximum Gasteiger partial charge on any atom is 0.122 e. The Morgan fingerprint density at radius 3 is 3.12 bits per heavy atom. The largest absolute Gasteiger partial charge is 0.493 e. The molecule has 0 atom stereocenters. The molecule has 0 saturated carbocycles. The number of imidazole rings is 1. The molecule has 1 aromatic carbocycles. The number of H-pyrrole nitrogens is 1. The molecule has 0 bridgehead atoms. The Bertz CT molecular complexity index is 521. The topological polar surface area (TPSA) is 37.9 Å². The summed E-state index contributed by atoms with van der Waals surface area (Å²) < 4.78 is 6.51. The Hall–Kier alpha value is -1.29. The van der Waals surface area contributed by atoms with Crippen LogP contribution in [0.25, 0.3) is 11.3 Å². The minimum Gasteiger partial charge on any atom is -0.493 e. The van der Waals surface area contributed by atoms with Crippen LogP contribution in [-0.4, -0.2) is 16.6 Å². The Kier molecular flexibility index (Phi) is 2.44. The van der Waals surface area contributed by atoms with E-state index in [4.69, 9.17) is 4.74 Å². The monoisotopic (exact) mass is 278 g/mol. The lowest BCUT2D eigenvalue weighted by Gasteiger charge is -2.17. The van der Waals surface area contributed by atoms with E-state index in [1.165, 1.54) is 5.56 Å². The van der Waals surface area contributed by atoms with Gasteiger partial charge in [-0.3, -0.25) is 0 Å². The number of aryl methyl sites for hydroxylation is 1. The molecule has 0 saturated heterocycles. The molecule has 3 nitrogen and oxygen atoms in total. The predicted molar refractivity (Wildman–Crippen MR) is 65.5 cm³/mol.